The van der Waals surface area contributed by atoms with Gasteiger partial charge < -0.3 is 14.6 Å². The molecule has 0 bridgehead atoms. The summed E-state index contributed by atoms with van der Waals surface area (Å²) in [6, 6.07) is 19.4. The minimum atomic E-state index is -1.25. The highest BCUT2D eigenvalue weighted by atomic mass is 19.1. The summed E-state index contributed by atoms with van der Waals surface area (Å²) >= 11 is 0. The lowest BCUT2D eigenvalue weighted by Gasteiger charge is -2.05. The molecule has 0 aliphatic carbocycles. The number of benzene rings is 2. The van der Waals surface area contributed by atoms with Crippen molar-refractivity contribution in [3.63, 3.8) is 0 Å². The highest BCUT2D eigenvalue weighted by molar-refractivity contribution is 5.97. The highest BCUT2D eigenvalue weighted by Gasteiger charge is 2.23. The molecule has 2 aliphatic heterocycles. The first-order valence-corrected chi connectivity index (χ1v) is 16.9. The fourth-order valence-electron chi connectivity index (χ4n) is 6.81. The third-order valence-corrected chi connectivity index (χ3v) is 9.26. The maximum Gasteiger partial charge on any atom is 0.242 e. The second-order valence-corrected chi connectivity index (χ2v) is 13.2. The van der Waals surface area contributed by atoms with Crippen LogP contribution >= 0.6 is 0 Å². The lowest BCUT2D eigenvalue weighted by molar-refractivity contribution is 0.00213. The topological polar surface area (TPSA) is 107 Å². The first kappa shape index (κ1) is 37.9. The zero-order chi connectivity index (χ0) is 35.1. The molecular weight excluding hydrogens is 659 g/mol. The predicted octanol–water partition coefficient (Wildman–Crippen LogP) is 8.29. The van der Waals surface area contributed by atoms with Gasteiger partial charge in [0.1, 0.15) is 34.2 Å². The Kier molecular flexibility index (Phi) is 11.3. The molecule has 272 valence electrons. The standard InChI is InChI=1S/C20H19FN2O2.C20H20N2O3.2CH4/c1-12-7-8-23-19(9-12)22-13(2)20(23)16(24)5-3-14-4-6-17-15(10-14)11-18(21)25-17;1-12-7-8-22-18(9-12)21-13(2)20(22)16(23)5-3-14-4-6-17-15(10-14)11-19(24)25-17;;/h4,6-10,18H,3,5,11H2,1-2H3;4,6-10,19,24H,3,5,11H2,1-2H3;2*1H4. The molecule has 4 aromatic heterocycles. The molecule has 2 unspecified atom stereocenters. The van der Waals surface area contributed by atoms with Gasteiger partial charge in [0.25, 0.3) is 0 Å². The predicted molar refractivity (Wildman–Crippen MR) is 201 cm³/mol. The number of hydrogen-bond acceptors (Lipinski definition) is 7. The monoisotopic (exact) mass is 706 g/mol. The number of pyridine rings is 2. The van der Waals surface area contributed by atoms with E-state index in [-0.39, 0.29) is 32.8 Å². The van der Waals surface area contributed by atoms with Crippen LogP contribution in [0.1, 0.15) is 93.4 Å². The summed E-state index contributed by atoms with van der Waals surface area (Å²) in [5, 5.41) is 9.55. The molecule has 0 radical (unpaired) electrons. The van der Waals surface area contributed by atoms with Crippen molar-refractivity contribution in [1.82, 2.24) is 18.8 Å². The number of ketones is 2. The quantitative estimate of drug-likeness (QED) is 0.159. The fraction of sp³-hybridized carbons (Fsp3) is 0.333. The molecule has 9 nitrogen and oxygen atoms in total. The van der Waals surface area contributed by atoms with Crippen LogP contribution < -0.4 is 9.47 Å². The van der Waals surface area contributed by atoms with Crippen molar-refractivity contribution in [2.45, 2.75) is 93.7 Å². The number of carbonyl (C=O) groups is 2. The van der Waals surface area contributed by atoms with E-state index in [1.807, 2.05) is 103 Å². The Morgan fingerprint density at radius 3 is 1.67 bits per heavy atom. The Labute approximate surface area is 304 Å². The van der Waals surface area contributed by atoms with E-state index in [2.05, 4.69) is 9.97 Å². The van der Waals surface area contributed by atoms with Crippen LogP contribution in [-0.4, -0.2) is 48.1 Å². The number of aliphatic hydroxyl groups is 1. The average molecular weight is 707 g/mol. The van der Waals surface area contributed by atoms with Crippen molar-refractivity contribution in [2.24, 2.45) is 0 Å². The Morgan fingerprint density at radius 2 is 1.17 bits per heavy atom. The molecule has 0 fully saturated rings. The van der Waals surface area contributed by atoms with E-state index in [1.54, 1.807) is 6.07 Å². The van der Waals surface area contributed by atoms with Gasteiger partial charge in [0, 0.05) is 49.2 Å². The maximum atomic E-state index is 13.3. The number of ether oxygens (including phenoxy) is 2. The van der Waals surface area contributed by atoms with E-state index in [1.165, 1.54) is 0 Å². The minimum Gasteiger partial charge on any atom is -0.465 e. The molecule has 52 heavy (non-hydrogen) atoms. The molecule has 0 amide bonds. The van der Waals surface area contributed by atoms with Crippen LogP contribution in [0.2, 0.25) is 0 Å². The molecule has 2 atom stereocenters. The van der Waals surface area contributed by atoms with Crippen LogP contribution in [0, 0.1) is 27.7 Å². The molecule has 1 N–H and O–H groups in total. The van der Waals surface area contributed by atoms with E-state index < -0.39 is 12.6 Å². The van der Waals surface area contributed by atoms with Crippen LogP contribution in [0.25, 0.3) is 11.3 Å². The summed E-state index contributed by atoms with van der Waals surface area (Å²) in [5.41, 5.74) is 10.6. The third-order valence-electron chi connectivity index (χ3n) is 9.26. The number of alkyl halides is 1. The van der Waals surface area contributed by atoms with Crippen LogP contribution in [-0.2, 0) is 25.7 Å². The number of aromatic nitrogens is 4. The van der Waals surface area contributed by atoms with Gasteiger partial charge in [0.2, 0.25) is 12.6 Å². The third kappa shape index (κ3) is 7.77. The van der Waals surface area contributed by atoms with Gasteiger partial charge in [-0.05, 0) is 99.2 Å². The lowest BCUT2D eigenvalue weighted by atomic mass is 10.0. The molecule has 2 aromatic carbocycles. The van der Waals surface area contributed by atoms with E-state index in [4.69, 9.17) is 9.47 Å². The number of hydrogen-bond donors (Lipinski definition) is 1. The summed E-state index contributed by atoms with van der Waals surface area (Å²) < 4.78 is 27.4. The van der Waals surface area contributed by atoms with E-state index in [0.717, 1.165) is 61.8 Å². The van der Waals surface area contributed by atoms with Crippen molar-refractivity contribution >= 4 is 22.9 Å². The zero-order valence-electron chi connectivity index (χ0n) is 28.6. The van der Waals surface area contributed by atoms with E-state index >= 15 is 0 Å². The summed E-state index contributed by atoms with van der Waals surface area (Å²) in [4.78, 5) is 34.5. The molecule has 10 heteroatoms. The van der Waals surface area contributed by atoms with Crippen LogP contribution in [0.15, 0.2) is 73.1 Å². The van der Waals surface area contributed by atoms with Crippen LogP contribution in [0.5, 0.6) is 11.5 Å². The zero-order valence-corrected chi connectivity index (χ0v) is 28.6. The Hall–Kier alpha value is -5.35. The largest absolute Gasteiger partial charge is 0.465 e. The van der Waals surface area contributed by atoms with Gasteiger partial charge in [-0.15, -0.1) is 0 Å². The number of fused-ring (bicyclic) bond motifs is 4. The average Bonchev–Trinajstić information content (AvgIpc) is 3.82. The van der Waals surface area contributed by atoms with Gasteiger partial charge in [-0.25, -0.2) is 14.4 Å². The first-order valence-electron chi connectivity index (χ1n) is 16.9. The number of rotatable bonds is 8. The molecule has 0 saturated heterocycles. The normalized spacial score (nSPS) is 15.4. The Morgan fingerprint density at radius 1 is 0.712 bits per heavy atom. The van der Waals surface area contributed by atoms with Crippen molar-refractivity contribution in [1.29, 1.82) is 0 Å². The van der Waals surface area contributed by atoms with E-state index in [0.29, 0.717) is 49.2 Å². The number of aliphatic hydroxyl groups excluding tert-OH is 1. The fourth-order valence-corrected chi connectivity index (χ4v) is 6.81. The maximum absolute atomic E-state index is 13.3. The molecular formula is C42H47FN4O5. The van der Waals surface area contributed by atoms with Gasteiger partial charge in [0.15, 0.2) is 11.6 Å². The SMILES string of the molecule is C.C.Cc1ccn2c(C(=O)CCc3ccc4c(c3)CC(F)O4)c(C)nc2c1.Cc1ccn2c(C(=O)CCc3ccc4c(c3)CC(O)O4)c(C)nc2c1. The molecule has 6 aromatic rings. The Balaban J connectivity index is 0.000000194. The lowest BCUT2D eigenvalue weighted by Crippen LogP contribution is -2.09. The van der Waals surface area contributed by atoms with Gasteiger partial charge in [-0.1, -0.05) is 39.1 Å². The number of aryl methyl sites for hydroxylation is 6. The number of nitrogens with zero attached hydrogens (tertiary/aromatic N) is 4. The number of Topliss-reactive ketones (excluding diaryl/α,β-unsaturated/α-hetero) is 2. The van der Waals surface area contributed by atoms with Gasteiger partial charge >= 0.3 is 0 Å². The van der Waals surface area contributed by atoms with Gasteiger partial charge in [0.05, 0.1) is 11.4 Å². The smallest absolute Gasteiger partial charge is 0.242 e. The Bertz CT molecular complexity index is 2110. The highest BCUT2D eigenvalue weighted by Crippen LogP contribution is 2.31. The van der Waals surface area contributed by atoms with Crippen molar-refractivity contribution in [3.8, 4) is 11.5 Å². The number of imidazole rings is 2. The molecule has 8 rings (SSSR count). The van der Waals surface area contributed by atoms with Crippen molar-refractivity contribution in [3.05, 3.63) is 129 Å². The molecule has 0 spiro atoms. The van der Waals surface area contributed by atoms with Crippen LogP contribution in [0.4, 0.5) is 4.39 Å². The summed E-state index contributed by atoms with van der Waals surface area (Å²) in [7, 11) is 0. The molecule has 2 aliphatic rings. The first-order chi connectivity index (χ1) is 24.0. The second-order valence-electron chi connectivity index (χ2n) is 13.2. The van der Waals surface area contributed by atoms with E-state index in [9.17, 15) is 19.1 Å². The molecule has 6 heterocycles. The summed E-state index contributed by atoms with van der Waals surface area (Å²) in [6.07, 6.45) is 4.66. The van der Waals surface area contributed by atoms with Crippen molar-refractivity contribution in [2.75, 3.05) is 0 Å². The minimum absolute atomic E-state index is 0. The summed E-state index contributed by atoms with van der Waals surface area (Å²) in [6.45, 7) is 7.76. The number of halogens is 1. The van der Waals surface area contributed by atoms with Gasteiger partial charge in [-0.3, -0.25) is 18.4 Å². The molecule has 0 saturated carbocycles. The van der Waals surface area contributed by atoms with Crippen LogP contribution in [0.3, 0.4) is 0 Å². The number of carbonyl (C=O) groups excluding carboxylic acids is 2. The van der Waals surface area contributed by atoms with Gasteiger partial charge in [-0.2, -0.15) is 0 Å². The summed E-state index contributed by atoms with van der Waals surface area (Å²) in [5.74, 6) is 1.49. The second kappa shape index (κ2) is 15.5. The van der Waals surface area contributed by atoms with Crippen molar-refractivity contribution < 1.29 is 28.6 Å².